The molecule has 1 saturated carbocycles. The molecular formula is C32H37Cl2FN4O4S. The van der Waals surface area contributed by atoms with Gasteiger partial charge in [0.15, 0.2) is 0 Å². The second kappa shape index (κ2) is 15.2. The van der Waals surface area contributed by atoms with Gasteiger partial charge in [-0.05, 0) is 60.4 Å². The van der Waals surface area contributed by atoms with Gasteiger partial charge in [0.2, 0.25) is 11.8 Å². The number of amides is 2. The van der Waals surface area contributed by atoms with Crippen LogP contribution in [0.1, 0.15) is 43.2 Å². The standard InChI is InChI=1S/C32H37Cl2FN4O4S/c1-37(2)44(42,43)39(28-17-15-26(35)16-18-28)22-31(40)38(21-24-13-14-25(33)20-29(24)34)30(19-23-9-5-3-6-10-23)32(41)36-27-11-7-4-8-12-27/h3,5-6,9-10,13-18,20,27,30H,4,7-8,11-12,19,21-22H2,1-2H3,(H,36,41). The molecular weight excluding hydrogens is 626 g/mol. The van der Waals surface area contributed by atoms with Crippen molar-refractivity contribution < 1.29 is 22.4 Å². The zero-order valence-electron chi connectivity index (χ0n) is 24.8. The Bertz CT molecular complexity index is 1540. The summed E-state index contributed by atoms with van der Waals surface area (Å²) >= 11 is 12.7. The van der Waals surface area contributed by atoms with E-state index in [-0.39, 0.29) is 30.6 Å². The molecule has 2 amide bonds. The zero-order chi connectivity index (χ0) is 31.9. The third kappa shape index (κ3) is 8.72. The van der Waals surface area contributed by atoms with Gasteiger partial charge in [0.25, 0.3) is 0 Å². The lowest BCUT2D eigenvalue weighted by Gasteiger charge is -2.35. The van der Waals surface area contributed by atoms with Crippen molar-refractivity contribution >= 4 is 50.9 Å². The third-order valence-corrected chi connectivity index (χ3v) is 10.1. The highest BCUT2D eigenvalue weighted by molar-refractivity contribution is 7.90. The van der Waals surface area contributed by atoms with Crippen molar-refractivity contribution in [2.24, 2.45) is 0 Å². The Hall–Kier alpha value is -3.18. The predicted molar refractivity (Wildman–Crippen MR) is 172 cm³/mol. The van der Waals surface area contributed by atoms with Crippen molar-refractivity contribution in [2.45, 2.75) is 57.2 Å². The van der Waals surface area contributed by atoms with Crippen molar-refractivity contribution in [1.29, 1.82) is 0 Å². The van der Waals surface area contributed by atoms with E-state index in [4.69, 9.17) is 23.2 Å². The quantitative estimate of drug-likeness (QED) is 0.264. The van der Waals surface area contributed by atoms with Gasteiger partial charge in [-0.3, -0.25) is 9.59 Å². The number of benzene rings is 3. The average Bonchev–Trinajstić information content (AvgIpc) is 3.00. The summed E-state index contributed by atoms with van der Waals surface area (Å²) < 4.78 is 42.6. The number of hydrogen-bond acceptors (Lipinski definition) is 4. The number of rotatable bonds is 12. The van der Waals surface area contributed by atoms with Crippen molar-refractivity contribution in [2.75, 3.05) is 24.9 Å². The molecule has 236 valence electrons. The van der Waals surface area contributed by atoms with E-state index in [0.717, 1.165) is 58.4 Å². The molecule has 0 radical (unpaired) electrons. The van der Waals surface area contributed by atoms with Crippen molar-refractivity contribution in [3.8, 4) is 0 Å². The van der Waals surface area contributed by atoms with Crippen LogP contribution in [0, 0.1) is 5.82 Å². The molecule has 1 aliphatic carbocycles. The summed E-state index contributed by atoms with van der Waals surface area (Å²) in [6.45, 7) is -0.719. The molecule has 0 aromatic heterocycles. The fourth-order valence-electron chi connectivity index (χ4n) is 5.26. The number of anilines is 1. The van der Waals surface area contributed by atoms with Gasteiger partial charge in [-0.15, -0.1) is 0 Å². The maximum atomic E-state index is 14.4. The minimum atomic E-state index is -4.19. The predicted octanol–water partition coefficient (Wildman–Crippen LogP) is 5.83. The van der Waals surface area contributed by atoms with Crippen LogP contribution in [0.4, 0.5) is 10.1 Å². The van der Waals surface area contributed by atoms with Crippen LogP contribution in [0.5, 0.6) is 0 Å². The summed E-state index contributed by atoms with van der Waals surface area (Å²) in [5.74, 6) is -1.52. The number of halogens is 3. The molecule has 1 fully saturated rings. The molecule has 4 rings (SSSR count). The van der Waals surface area contributed by atoms with Crippen LogP contribution >= 0.6 is 23.2 Å². The SMILES string of the molecule is CN(C)S(=O)(=O)N(CC(=O)N(Cc1ccc(Cl)cc1Cl)C(Cc1ccccc1)C(=O)NC1CCCCC1)c1ccc(F)cc1. The number of nitrogens with one attached hydrogen (secondary N) is 1. The minimum absolute atomic E-state index is 0.0181. The van der Waals surface area contributed by atoms with Gasteiger partial charge in [0.1, 0.15) is 18.4 Å². The van der Waals surface area contributed by atoms with Crippen LogP contribution in [0.3, 0.4) is 0 Å². The summed E-state index contributed by atoms with van der Waals surface area (Å²) in [6, 6.07) is 18.0. The highest BCUT2D eigenvalue weighted by Crippen LogP contribution is 2.26. The van der Waals surface area contributed by atoms with E-state index in [1.165, 1.54) is 31.1 Å². The number of carbonyl (C=O) groups excluding carboxylic acids is 2. The smallest absolute Gasteiger partial charge is 0.304 e. The van der Waals surface area contributed by atoms with E-state index < -0.39 is 34.5 Å². The Labute approximate surface area is 268 Å². The molecule has 44 heavy (non-hydrogen) atoms. The van der Waals surface area contributed by atoms with Crippen LogP contribution in [0.15, 0.2) is 72.8 Å². The van der Waals surface area contributed by atoms with E-state index in [1.807, 2.05) is 30.3 Å². The summed E-state index contributed by atoms with van der Waals surface area (Å²) in [4.78, 5) is 29.8. The van der Waals surface area contributed by atoms with E-state index in [2.05, 4.69) is 5.32 Å². The first-order valence-electron chi connectivity index (χ1n) is 14.5. The van der Waals surface area contributed by atoms with Crippen LogP contribution in [-0.2, 0) is 32.8 Å². The monoisotopic (exact) mass is 662 g/mol. The van der Waals surface area contributed by atoms with Crippen molar-refractivity contribution in [3.05, 3.63) is 99.8 Å². The van der Waals surface area contributed by atoms with Crippen LogP contribution < -0.4 is 9.62 Å². The van der Waals surface area contributed by atoms with E-state index in [9.17, 15) is 22.4 Å². The van der Waals surface area contributed by atoms with Crippen molar-refractivity contribution in [3.63, 3.8) is 0 Å². The third-order valence-electron chi connectivity index (χ3n) is 7.71. The van der Waals surface area contributed by atoms with Gasteiger partial charge >= 0.3 is 10.2 Å². The molecule has 0 saturated heterocycles. The Morgan fingerprint density at radius 1 is 0.955 bits per heavy atom. The molecule has 1 atom stereocenters. The van der Waals surface area contributed by atoms with E-state index >= 15 is 0 Å². The molecule has 3 aromatic rings. The highest BCUT2D eigenvalue weighted by atomic mass is 35.5. The van der Waals surface area contributed by atoms with Gasteiger partial charge in [-0.2, -0.15) is 12.7 Å². The van der Waals surface area contributed by atoms with Gasteiger partial charge in [-0.25, -0.2) is 8.70 Å². The summed E-state index contributed by atoms with van der Waals surface area (Å²) in [5, 5.41) is 3.87. The number of hydrogen-bond donors (Lipinski definition) is 1. The molecule has 0 spiro atoms. The van der Waals surface area contributed by atoms with Gasteiger partial charge in [0.05, 0.1) is 5.69 Å². The van der Waals surface area contributed by atoms with E-state index in [0.29, 0.717) is 15.6 Å². The lowest BCUT2D eigenvalue weighted by Crippen LogP contribution is -2.55. The molecule has 0 aliphatic heterocycles. The highest BCUT2D eigenvalue weighted by Gasteiger charge is 2.35. The molecule has 0 bridgehead atoms. The number of carbonyl (C=O) groups is 2. The first-order valence-corrected chi connectivity index (χ1v) is 16.6. The Morgan fingerprint density at radius 3 is 2.23 bits per heavy atom. The normalized spacial score (nSPS) is 14.7. The molecule has 8 nitrogen and oxygen atoms in total. The van der Waals surface area contributed by atoms with Crippen molar-refractivity contribution in [1.82, 2.24) is 14.5 Å². The molecule has 3 aromatic carbocycles. The Balaban J connectivity index is 1.77. The fourth-order valence-corrected chi connectivity index (χ4v) is 6.78. The summed E-state index contributed by atoms with van der Waals surface area (Å²) in [7, 11) is -1.51. The average molecular weight is 664 g/mol. The van der Waals surface area contributed by atoms with Gasteiger partial charge < -0.3 is 10.2 Å². The van der Waals surface area contributed by atoms with E-state index in [1.54, 1.807) is 18.2 Å². The van der Waals surface area contributed by atoms with Gasteiger partial charge in [-0.1, -0.05) is 78.9 Å². The summed E-state index contributed by atoms with van der Waals surface area (Å²) in [6.07, 6.45) is 5.01. The maximum absolute atomic E-state index is 14.4. The first-order chi connectivity index (χ1) is 21.0. The topological polar surface area (TPSA) is 90.0 Å². The lowest BCUT2D eigenvalue weighted by atomic mass is 9.94. The van der Waals surface area contributed by atoms with Crippen LogP contribution in [0.25, 0.3) is 0 Å². The molecule has 0 heterocycles. The second-order valence-corrected chi connectivity index (χ2v) is 14.0. The molecule has 1 N–H and O–H groups in total. The second-order valence-electron chi connectivity index (χ2n) is 11.1. The summed E-state index contributed by atoms with van der Waals surface area (Å²) in [5.41, 5.74) is 1.47. The lowest BCUT2D eigenvalue weighted by molar-refractivity contribution is -0.140. The fraction of sp³-hybridized carbons (Fsp3) is 0.375. The number of nitrogens with zero attached hydrogens (tertiary/aromatic N) is 3. The largest absolute Gasteiger partial charge is 0.352 e. The maximum Gasteiger partial charge on any atom is 0.304 e. The molecule has 1 unspecified atom stereocenters. The minimum Gasteiger partial charge on any atom is -0.352 e. The Morgan fingerprint density at radius 2 is 1.61 bits per heavy atom. The Kier molecular flexibility index (Phi) is 11.6. The van der Waals surface area contributed by atoms with Crippen LogP contribution in [-0.4, -0.2) is 62.2 Å². The zero-order valence-corrected chi connectivity index (χ0v) is 27.1. The molecule has 1 aliphatic rings. The van der Waals surface area contributed by atoms with Gasteiger partial charge in [0, 0.05) is 43.1 Å². The first kappa shape index (κ1) is 33.7. The van der Waals surface area contributed by atoms with Crippen LogP contribution in [0.2, 0.25) is 10.0 Å². The molecule has 12 heteroatoms.